The van der Waals surface area contributed by atoms with Gasteiger partial charge in [0.1, 0.15) is 12.3 Å². The Hall–Kier alpha value is -3.80. The molecule has 12 heteroatoms. The average Bonchev–Trinajstić information content (AvgIpc) is 3.27. The monoisotopic (exact) mass is 552 g/mol. The zero-order chi connectivity index (χ0) is 27.4. The lowest BCUT2D eigenvalue weighted by Gasteiger charge is -2.23. The number of amides is 2. The Labute approximate surface area is 230 Å². The number of rotatable bonds is 9. The maximum absolute atomic E-state index is 13.2. The SMILES string of the molecule is COc1cccc(C(CO)NC(=O)CN2Cc3ncc(-c4nc(NC5CCOCC5)ncc4Cl)cc3C2=O)c1. The molecular formula is C27H29ClN6O5. The maximum atomic E-state index is 13.2. The Bertz CT molecular complexity index is 1370. The van der Waals surface area contributed by atoms with Crippen molar-refractivity contribution in [1.82, 2.24) is 25.2 Å². The quantitative estimate of drug-likeness (QED) is 0.365. The molecule has 11 nitrogen and oxygen atoms in total. The molecule has 2 aromatic heterocycles. The van der Waals surface area contributed by atoms with Gasteiger partial charge in [0.05, 0.1) is 54.5 Å². The number of hydrogen-bond donors (Lipinski definition) is 3. The van der Waals surface area contributed by atoms with Gasteiger partial charge in [0, 0.05) is 31.0 Å². The second-order valence-electron chi connectivity index (χ2n) is 9.38. The van der Waals surface area contributed by atoms with Crippen molar-refractivity contribution >= 4 is 29.4 Å². The molecule has 1 unspecified atom stereocenters. The number of carbonyl (C=O) groups excluding carboxylic acids is 2. The summed E-state index contributed by atoms with van der Waals surface area (Å²) in [5.41, 5.74) is 2.69. The number of halogens is 1. The minimum Gasteiger partial charge on any atom is -0.497 e. The van der Waals surface area contributed by atoms with E-state index in [1.165, 1.54) is 11.1 Å². The first-order valence-corrected chi connectivity index (χ1v) is 13.0. The van der Waals surface area contributed by atoms with Crippen LogP contribution in [0.4, 0.5) is 5.95 Å². The van der Waals surface area contributed by atoms with Gasteiger partial charge >= 0.3 is 0 Å². The smallest absolute Gasteiger partial charge is 0.256 e. The van der Waals surface area contributed by atoms with Gasteiger partial charge in [-0.1, -0.05) is 23.7 Å². The average molecular weight is 553 g/mol. The highest BCUT2D eigenvalue weighted by molar-refractivity contribution is 6.32. The molecule has 204 valence electrons. The Morgan fingerprint density at radius 1 is 1.26 bits per heavy atom. The first-order chi connectivity index (χ1) is 18.9. The predicted molar refractivity (Wildman–Crippen MR) is 143 cm³/mol. The normalized spacial score (nSPS) is 16.1. The van der Waals surface area contributed by atoms with Crippen molar-refractivity contribution in [2.45, 2.75) is 31.5 Å². The summed E-state index contributed by atoms with van der Waals surface area (Å²) in [4.78, 5) is 40.8. The van der Waals surface area contributed by atoms with Crippen molar-refractivity contribution in [3.05, 3.63) is 64.6 Å². The number of carbonyl (C=O) groups is 2. The highest BCUT2D eigenvalue weighted by Gasteiger charge is 2.31. The third-order valence-corrected chi connectivity index (χ3v) is 7.03. The Kier molecular flexibility index (Phi) is 8.20. The van der Waals surface area contributed by atoms with Crippen LogP contribution >= 0.6 is 11.6 Å². The molecule has 0 spiro atoms. The number of aromatic nitrogens is 3. The van der Waals surface area contributed by atoms with Gasteiger partial charge in [-0.3, -0.25) is 14.6 Å². The third-order valence-electron chi connectivity index (χ3n) is 6.75. The molecule has 0 aliphatic carbocycles. The molecule has 1 fully saturated rings. The topological polar surface area (TPSA) is 139 Å². The lowest BCUT2D eigenvalue weighted by atomic mass is 10.1. The van der Waals surface area contributed by atoms with Crippen LogP contribution in [-0.4, -0.2) is 76.3 Å². The van der Waals surface area contributed by atoms with Crippen LogP contribution in [0.3, 0.4) is 0 Å². The summed E-state index contributed by atoms with van der Waals surface area (Å²) in [7, 11) is 1.55. The van der Waals surface area contributed by atoms with Crippen molar-refractivity contribution in [2.75, 3.05) is 38.8 Å². The zero-order valence-corrected chi connectivity index (χ0v) is 22.1. The van der Waals surface area contributed by atoms with Crippen LogP contribution in [0.15, 0.2) is 42.7 Å². The summed E-state index contributed by atoms with van der Waals surface area (Å²) in [5, 5.41) is 16.3. The van der Waals surface area contributed by atoms with Crippen molar-refractivity contribution < 1.29 is 24.2 Å². The fourth-order valence-electron chi connectivity index (χ4n) is 4.65. The van der Waals surface area contributed by atoms with E-state index in [0.29, 0.717) is 58.0 Å². The van der Waals surface area contributed by atoms with E-state index in [0.717, 1.165) is 12.8 Å². The summed E-state index contributed by atoms with van der Waals surface area (Å²) in [5.74, 6) is 0.339. The van der Waals surface area contributed by atoms with Gasteiger partial charge in [0.15, 0.2) is 0 Å². The zero-order valence-electron chi connectivity index (χ0n) is 21.4. The van der Waals surface area contributed by atoms with Crippen molar-refractivity contribution in [3.8, 4) is 17.0 Å². The number of nitrogens with zero attached hydrogens (tertiary/aromatic N) is 4. The van der Waals surface area contributed by atoms with E-state index in [1.807, 2.05) is 0 Å². The molecule has 1 aromatic carbocycles. The third kappa shape index (κ3) is 6.11. The van der Waals surface area contributed by atoms with Crippen LogP contribution in [0.2, 0.25) is 5.02 Å². The van der Waals surface area contributed by atoms with Gasteiger partial charge in [0.2, 0.25) is 11.9 Å². The van der Waals surface area contributed by atoms with Gasteiger partial charge < -0.3 is 30.1 Å². The van der Waals surface area contributed by atoms with Gasteiger partial charge in [-0.2, -0.15) is 0 Å². The van der Waals surface area contributed by atoms with E-state index < -0.39 is 11.9 Å². The number of methoxy groups -OCH3 is 1. The van der Waals surface area contributed by atoms with E-state index in [4.69, 9.17) is 21.1 Å². The summed E-state index contributed by atoms with van der Waals surface area (Å²) in [6, 6.07) is 8.35. The Balaban J connectivity index is 1.27. The van der Waals surface area contributed by atoms with Gasteiger partial charge in [-0.25, -0.2) is 9.97 Å². The number of nitrogens with one attached hydrogen (secondary N) is 2. The fraction of sp³-hybridized carbons (Fsp3) is 0.370. The Morgan fingerprint density at radius 2 is 2.08 bits per heavy atom. The summed E-state index contributed by atoms with van der Waals surface area (Å²) >= 11 is 6.41. The standard InChI is InChI=1S/C27H29ClN6O5/c1-38-19-4-2-3-16(9-19)23(15-35)32-24(36)14-34-13-22-20(26(34)37)10-17(11-29-22)25-21(28)12-30-27(33-25)31-18-5-7-39-8-6-18/h2-4,9-12,18,23,35H,5-8,13-15H2,1H3,(H,32,36)(H,30,31,33). The van der Waals surface area contributed by atoms with Gasteiger partial charge in [0.25, 0.3) is 5.91 Å². The molecule has 0 radical (unpaired) electrons. The molecule has 1 saturated heterocycles. The molecule has 5 rings (SSSR count). The van der Waals surface area contributed by atoms with Crippen LogP contribution in [-0.2, 0) is 16.1 Å². The molecule has 2 amide bonds. The minimum absolute atomic E-state index is 0.182. The summed E-state index contributed by atoms with van der Waals surface area (Å²) in [6.45, 7) is 1.08. The highest BCUT2D eigenvalue weighted by Crippen LogP contribution is 2.30. The molecule has 2 aliphatic heterocycles. The van der Waals surface area contributed by atoms with Crippen LogP contribution in [0.5, 0.6) is 5.75 Å². The molecule has 3 N–H and O–H groups in total. The lowest BCUT2D eigenvalue weighted by Crippen LogP contribution is -2.40. The molecule has 4 heterocycles. The Morgan fingerprint density at radius 3 is 2.85 bits per heavy atom. The number of fused-ring (bicyclic) bond motifs is 1. The second kappa shape index (κ2) is 11.9. The number of benzene rings is 1. The number of hydrogen-bond acceptors (Lipinski definition) is 9. The van der Waals surface area contributed by atoms with Crippen LogP contribution in [0.25, 0.3) is 11.3 Å². The van der Waals surface area contributed by atoms with E-state index in [-0.39, 0.29) is 31.6 Å². The summed E-state index contributed by atoms with van der Waals surface area (Å²) < 4.78 is 10.6. The number of anilines is 1. The summed E-state index contributed by atoms with van der Waals surface area (Å²) in [6.07, 6.45) is 4.86. The van der Waals surface area contributed by atoms with Crippen molar-refractivity contribution in [1.29, 1.82) is 0 Å². The van der Waals surface area contributed by atoms with E-state index in [1.54, 1.807) is 43.6 Å². The second-order valence-corrected chi connectivity index (χ2v) is 9.79. The fourth-order valence-corrected chi connectivity index (χ4v) is 4.85. The molecule has 3 aromatic rings. The van der Waals surface area contributed by atoms with E-state index in [9.17, 15) is 14.7 Å². The first kappa shape index (κ1) is 26.8. The number of aliphatic hydroxyl groups excluding tert-OH is 1. The maximum Gasteiger partial charge on any atom is 0.256 e. The molecular weight excluding hydrogens is 524 g/mol. The van der Waals surface area contributed by atoms with E-state index >= 15 is 0 Å². The predicted octanol–water partition coefficient (Wildman–Crippen LogP) is 2.60. The van der Waals surface area contributed by atoms with Crippen LogP contribution in [0, 0.1) is 0 Å². The molecule has 1 atom stereocenters. The molecule has 2 aliphatic rings. The highest BCUT2D eigenvalue weighted by atomic mass is 35.5. The number of ether oxygens (including phenoxy) is 2. The number of pyridine rings is 1. The van der Waals surface area contributed by atoms with E-state index in [2.05, 4.69) is 25.6 Å². The first-order valence-electron chi connectivity index (χ1n) is 12.6. The van der Waals surface area contributed by atoms with Crippen LogP contribution in [0.1, 0.15) is 40.5 Å². The van der Waals surface area contributed by atoms with Gasteiger partial charge in [-0.05, 0) is 36.6 Å². The molecule has 0 saturated carbocycles. The minimum atomic E-state index is -0.638. The van der Waals surface area contributed by atoms with Crippen molar-refractivity contribution in [2.24, 2.45) is 0 Å². The lowest BCUT2D eigenvalue weighted by molar-refractivity contribution is -0.122. The van der Waals surface area contributed by atoms with Gasteiger partial charge in [-0.15, -0.1) is 0 Å². The van der Waals surface area contributed by atoms with Crippen molar-refractivity contribution in [3.63, 3.8) is 0 Å². The molecule has 0 bridgehead atoms. The largest absolute Gasteiger partial charge is 0.497 e. The molecule has 39 heavy (non-hydrogen) atoms. The van der Waals surface area contributed by atoms with Crippen LogP contribution < -0.4 is 15.4 Å². The number of aliphatic hydroxyl groups is 1.